The Balaban J connectivity index is 2.40. The van der Waals surface area contributed by atoms with E-state index in [-0.39, 0.29) is 24.5 Å². The molecule has 0 radical (unpaired) electrons. The van der Waals surface area contributed by atoms with E-state index in [0.717, 1.165) is 4.43 Å². The molecule has 0 aromatic heterocycles. The molecule has 13 heavy (non-hydrogen) atoms. The Morgan fingerprint density at radius 2 is 2.00 bits per heavy atom. The number of alkyl halides is 2. The standard InChI is InChI=1S/C8H8ClINOS/c9-6-1-3-7(4-2-6)13(11,12)8-5-10-8/h1-4,8,11H,5H2/q-1. The van der Waals surface area contributed by atoms with Gasteiger partial charge in [0, 0.05) is 0 Å². The normalized spacial score (nSPS) is 25.8. The summed E-state index contributed by atoms with van der Waals surface area (Å²) in [4.78, 5) is 0.638. The molecule has 1 saturated heterocycles. The van der Waals surface area contributed by atoms with Gasteiger partial charge in [-0.3, -0.25) is 0 Å². The van der Waals surface area contributed by atoms with Crippen LogP contribution in [-0.4, -0.2) is 11.9 Å². The van der Waals surface area contributed by atoms with E-state index in [4.69, 9.17) is 16.4 Å². The van der Waals surface area contributed by atoms with Crippen molar-refractivity contribution in [2.45, 2.75) is 8.15 Å². The predicted octanol–water partition coefficient (Wildman–Crippen LogP) is -0.826. The monoisotopic (exact) mass is 328 g/mol. The fraction of sp³-hybridized carbons (Fsp3) is 0.250. The molecule has 2 rings (SSSR count). The summed E-state index contributed by atoms with van der Waals surface area (Å²) in [5.41, 5.74) is 0. The summed E-state index contributed by atoms with van der Waals surface area (Å²) < 4.78 is 20.9. The van der Waals surface area contributed by atoms with Crippen LogP contribution in [0, 0.1) is 4.78 Å². The Labute approximate surface area is 92.9 Å². The summed E-state index contributed by atoms with van der Waals surface area (Å²) in [5, 5.41) is 0.629. The number of hydrogen-bond acceptors (Lipinski definition) is 2. The zero-order valence-electron chi connectivity index (χ0n) is 6.67. The van der Waals surface area contributed by atoms with E-state index in [1.54, 1.807) is 24.3 Å². The molecular weight excluding hydrogens is 321 g/mol. The minimum absolute atomic E-state index is 0.0547. The van der Waals surface area contributed by atoms with E-state index in [9.17, 15) is 4.21 Å². The van der Waals surface area contributed by atoms with Crippen LogP contribution in [0.4, 0.5) is 0 Å². The predicted molar refractivity (Wildman–Crippen MR) is 49.2 cm³/mol. The number of nitrogens with one attached hydrogen (secondary N) is 1. The topological polar surface area (TPSA) is 40.9 Å². The number of hydrogen-bond donors (Lipinski definition) is 1. The average molecular weight is 329 g/mol. The Hall–Kier alpha value is 0.190. The molecule has 1 heterocycles. The van der Waals surface area contributed by atoms with E-state index in [1.165, 1.54) is 0 Å². The van der Waals surface area contributed by atoms with Crippen molar-refractivity contribution in [3.05, 3.63) is 29.3 Å². The van der Waals surface area contributed by atoms with E-state index >= 15 is 0 Å². The maximum atomic E-state index is 11.9. The first kappa shape index (κ1) is 9.73. The fourth-order valence-electron chi connectivity index (χ4n) is 0.998. The van der Waals surface area contributed by atoms with Gasteiger partial charge in [-0.05, 0) is 0 Å². The third kappa shape index (κ3) is 1.99. The Morgan fingerprint density at radius 1 is 1.46 bits per heavy atom. The average Bonchev–Trinajstić information content (AvgIpc) is 2.87. The molecule has 1 fully saturated rings. The van der Waals surface area contributed by atoms with Crippen LogP contribution in [0.3, 0.4) is 0 Å². The van der Waals surface area contributed by atoms with Gasteiger partial charge in [0.05, 0.1) is 0 Å². The van der Waals surface area contributed by atoms with Gasteiger partial charge in [0.1, 0.15) is 0 Å². The second-order valence-electron chi connectivity index (χ2n) is 2.77. The first-order valence-electron chi connectivity index (χ1n) is 3.71. The molecule has 0 spiro atoms. The summed E-state index contributed by atoms with van der Waals surface area (Å²) in [5.74, 6) is 0. The summed E-state index contributed by atoms with van der Waals surface area (Å²) >= 11 is 5.76. The number of halogens is 2. The van der Waals surface area contributed by atoms with Crippen molar-refractivity contribution in [1.82, 2.24) is 0 Å². The Kier molecular flexibility index (Phi) is 2.55. The Morgan fingerprint density at radius 3 is 2.46 bits per heavy atom. The van der Waals surface area contributed by atoms with Gasteiger partial charge < -0.3 is 0 Å². The van der Waals surface area contributed by atoms with Gasteiger partial charge in [-0.1, -0.05) is 0 Å². The quantitative estimate of drug-likeness (QED) is 0.559. The van der Waals surface area contributed by atoms with E-state index in [2.05, 4.69) is 0 Å². The third-order valence-corrected chi connectivity index (χ3v) is 9.19. The summed E-state index contributed by atoms with van der Waals surface area (Å²) in [6.45, 7) is 0. The van der Waals surface area contributed by atoms with Crippen LogP contribution in [0.15, 0.2) is 29.2 Å². The summed E-state index contributed by atoms with van der Waals surface area (Å²) in [6.07, 6.45) is 0. The van der Waals surface area contributed by atoms with Crippen molar-refractivity contribution in [2.24, 2.45) is 0 Å². The van der Waals surface area contributed by atoms with Crippen LogP contribution in [0.2, 0.25) is 5.02 Å². The van der Waals surface area contributed by atoms with Crippen LogP contribution in [-0.2, 0) is 9.73 Å². The first-order valence-corrected chi connectivity index (χ1v) is 8.49. The Bertz CT molecular complexity index is 410. The van der Waals surface area contributed by atoms with Crippen LogP contribution in [0.1, 0.15) is 0 Å². The molecule has 0 saturated carbocycles. The first-order chi connectivity index (χ1) is 6.10. The maximum absolute atomic E-state index is 11.9. The van der Waals surface area contributed by atoms with Crippen LogP contribution in [0.25, 0.3) is 0 Å². The third-order valence-electron chi connectivity index (χ3n) is 1.80. The SMILES string of the molecule is N=S(=O)(c1ccc(Cl)cc1)C1C[I-]1. The van der Waals surface area contributed by atoms with E-state index < -0.39 is 9.73 Å². The number of benzene rings is 1. The van der Waals surface area contributed by atoms with Gasteiger partial charge in [0.25, 0.3) is 0 Å². The molecule has 1 aromatic rings. The van der Waals surface area contributed by atoms with E-state index in [1.807, 2.05) is 0 Å². The van der Waals surface area contributed by atoms with Crippen molar-refractivity contribution in [3.63, 3.8) is 0 Å². The van der Waals surface area contributed by atoms with Crippen LogP contribution >= 0.6 is 11.6 Å². The molecule has 0 bridgehead atoms. The molecule has 2 atom stereocenters. The molecule has 0 aliphatic carbocycles. The molecule has 5 heteroatoms. The molecule has 1 aromatic carbocycles. The molecule has 1 aliphatic rings. The van der Waals surface area contributed by atoms with Gasteiger partial charge in [-0.15, -0.1) is 0 Å². The summed E-state index contributed by atoms with van der Waals surface area (Å²) in [7, 11) is -2.49. The summed E-state index contributed by atoms with van der Waals surface area (Å²) in [6, 6.07) is 6.82. The molecule has 72 valence electrons. The van der Waals surface area contributed by atoms with Crippen molar-refractivity contribution >= 4 is 21.3 Å². The molecule has 2 nitrogen and oxygen atoms in total. The zero-order valence-corrected chi connectivity index (χ0v) is 10.4. The van der Waals surface area contributed by atoms with E-state index in [0.29, 0.717) is 9.92 Å². The second-order valence-corrected chi connectivity index (χ2v) is 9.56. The minimum atomic E-state index is -2.49. The van der Waals surface area contributed by atoms with Crippen molar-refractivity contribution in [3.8, 4) is 0 Å². The van der Waals surface area contributed by atoms with Gasteiger partial charge in [0.15, 0.2) is 0 Å². The van der Waals surface area contributed by atoms with Crippen molar-refractivity contribution < 1.29 is 25.4 Å². The number of rotatable bonds is 2. The second kappa shape index (κ2) is 3.40. The molecule has 1 N–H and O–H groups in total. The fourth-order valence-corrected chi connectivity index (χ4v) is 6.93. The molecular formula is C8H8ClINOS-. The van der Waals surface area contributed by atoms with Gasteiger partial charge in [0.2, 0.25) is 0 Å². The van der Waals surface area contributed by atoms with Crippen molar-refractivity contribution in [1.29, 1.82) is 4.78 Å². The molecule has 1 aliphatic heterocycles. The van der Waals surface area contributed by atoms with Crippen LogP contribution in [0.5, 0.6) is 0 Å². The molecule has 2 unspecified atom stereocenters. The van der Waals surface area contributed by atoms with Crippen molar-refractivity contribution in [2.75, 3.05) is 4.43 Å². The van der Waals surface area contributed by atoms with Gasteiger partial charge in [-0.2, -0.15) is 0 Å². The zero-order chi connectivity index (χ0) is 9.47. The van der Waals surface area contributed by atoms with Gasteiger partial charge in [-0.25, -0.2) is 0 Å². The molecule has 0 amide bonds. The van der Waals surface area contributed by atoms with Crippen LogP contribution < -0.4 is 21.2 Å². The van der Waals surface area contributed by atoms with Gasteiger partial charge >= 0.3 is 93.4 Å².